The Morgan fingerprint density at radius 1 is 1.17 bits per heavy atom. The summed E-state index contributed by atoms with van der Waals surface area (Å²) in [5.41, 5.74) is 1.74. The van der Waals surface area contributed by atoms with E-state index in [0.717, 1.165) is 4.68 Å². The van der Waals surface area contributed by atoms with E-state index < -0.39 is 18.8 Å². The fourth-order valence-corrected chi connectivity index (χ4v) is 2.79. The monoisotopic (exact) mass is 398 g/mol. The highest BCUT2D eigenvalue weighted by molar-refractivity contribution is 5.75. The zero-order valence-electron chi connectivity index (χ0n) is 14.8. The van der Waals surface area contributed by atoms with Crippen molar-refractivity contribution in [2.45, 2.75) is 19.5 Å². The van der Waals surface area contributed by atoms with Crippen LogP contribution in [0.1, 0.15) is 5.56 Å². The number of benzene rings is 1. The second-order valence-electron chi connectivity index (χ2n) is 6.13. The van der Waals surface area contributed by atoms with Crippen LogP contribution < -0.4 is 5.32 Å². The standard InChI is InChI=1S/C18H13F3N8/c1-22-15-3-2-13(19)4-11(15)8-29-17-12(6-25-29)5-23-18(27-17)26-14-7-24-28(9-14)10-16(20)21/h2-7,9,16H,8,10H2,(H,23,26,27). The van der Waals surface area contributed by atoms with Crippen molar-refractivity contribution in [1.82, 2.24) is 29.5 Å². The zero-order chi connectivity index (χ0) is 20.4. The quantitative estimate of drug-likeness (QED) is 0.501. The van der Waals surface area contributed by atoms with Gasteiger partial charge < -0.3 is 5.32 Å². The Morgan fingerprint density at radius 3 is 2.83 bits per heavy atom. The van der Waals surface area contributed by atoms with Gasteiger partial charge in [0.05, 0.1) is 36.6 Å². The number of nitrogens with zero attached hydrogens (tertiary/aromatic N) is 7. The number of alkyl halides is 2. The fraction of sp³-hybridized carbons (Fsp3) is 0.167. The number of aromatic nitrogens is 6. The third-order valence-corrected chi connectivity index (χ3v) is 4.07. The van der Waals surface area contributed by atoms with Crippen LogP contribution in [0.25, 0.3) is 15.9 Å². The van der Waals surface area contributed by atoms with E-state index in [1.807, 2.05) is 0 Å². The van der Waals surface area contributed by atoms with E-state index in [2.05, 4.69) is 30.3 Å². The van der Waals surface area contributed by atoms with E-state index >= 15 is 0 Å². The van der Waals surface area contributed by atoms with E-state index in [1.165, 1.54) is 35.3 Å². The van der Waals surface area contributed by atoms with Gasteiger partial charge in [-0.05, 0) is 17.7 Å². The van der Waals surface area contributed by atoms with Gasteiger partial charge in [-0.15, -0.1) is 0 Å². The molecule has 3 aromatic heterocycles. The molecule has 0 radical (unpaired) electrons. The van der Waals surface area contributed by atoms with Crippen molar-refractivity contribution in [3.05, 3.63) is 65.8 Å². The third-order valence-electron chi connectivity index (χ3n) is 4.07. The van der Waals surface area contributed by atoms with Gasteiger partial charge in [-0.1, -0.05) is 6.07 Å². The van der Waals surface area contributed by atoms with Gasteiger partial charge in [0.1, 0.15) is 12.4 Å². The minimum absolute atomic E-state index is 0.155. The van der Waals surface area contributed by atoms with Crippen LogP contribution in [0.5, 0.6) is 0 Å². The lowest BCUT2D eigenvalue weighted by Crippen LogP contribution is -2.06. The second-order valence-corrected chi connectivity index (χ2v) is 6.13. The van der Waals surface area contributed by atoms with E-state index in [9.17, 15) is 13.2 Å². The lowest BCUT2D eigenvalue weighted by atomic mass is 10.2. The maximum atomic E-state index is 13.6. The number of hydrogen-bond acceptors (Lipinski definition) is 5. The fourth-order valence-electron chi connectivity index (χ4n) is 2.79. The highest BCUT2D eigenvalue weighted by Gasteiger charge is 2.12. The predicted octanol–water partition coefficient (Wildman–Crippen LogP) is 3.77. The SMILES string of the molecule is [C-]#[N+]c1ccc(F)cc1Cn1ncc2cnc(Nc3cnn(CC(F)F)c3)nc21. The minimum Gasteiger partial charge on any atom is -0.321 e. The predicted molar refractivity (Wildman–Crippen MR) is 98.6 cm³/mol. The molecule has 0 fully saturated rings. The minimum atomic E-state index is -2.51. The topological polar surface area (TPSA) is 77.8 Å². The van der Waals surface area contributed by atoms with Gasteiger partial charge in [-0.3, -0.25) is 4.68 Å². The molecule has 1 aromatic carbocycles. The van der Waals surface area contributed by atoms with E-state index in [1.54, 1.807) is 12.4 Å². The molecule has 0 aliphatic carbocycles. The number of anilines is 2. The lowest BCUT2D eigenvalue weighted by Gasteiger charge is -2.07. The van der Waals surface area contributed by atoms with Crippen LogP contribution in [0.3, 0.4) is 0 Å². The molecule has 4 rings (SSSR count). The van der Waals surface area contributed by atoms with E-state index in [4.69, 9.17) is 6.57 Å². The molecule has 3 heterocycles. The highest BCUT2D eigenvalue weighted by Crippen LogP contribution is 2.23. The van der Waals surface area contributed by atoms with Crippen LogP contribution in [0.2, 0.25) is 0 Å². The molecule has 0 atom stereocenters. The molecule has 146 valence electrons. The lowest BCUT2D eigenvalue weighted by molar-refractivity contribution is 0.122. The number of nitrogens with one attached hydrogen (secondary N) is 1. The number of halogens is 3. The summed E-state index contributed by atoms with van der Waals surface area (Å²) in [6.07, 6.45) is 3.43. The van der Waals surface area contributed by atoms with Crippen LogP contribution >= 0.6 is 0 Å². The molecule has 1 N–H and O–H groups in total. The summed E-state index contributed by atoms with van der Waals surface area (Å²) in [6.45, 7) is 6.88. The molecule has 29 heavy (non-hydrogen) atoms. The third kappa shape index (κ3) is 4.01. The van der Waals surface area contributed by atoms with Crippen LogP contribution in [0.4, 0.5) is 30.5 Å². The first-order valence-electron chi connectivity index (χ1n) is 8.44. The van der Waals surface area contributed by atoms with Crippen molar-refractivity contribution >= 4 is 28.4 Å². The summed E-state index contributed by atoms with van der Waals surface area (Å²) >= 11 is 0. The van der Waals surface area contributed by atoms with E-state index in [-0.39, 0.29) is 12.5 Å². The maximum absolute atomic E-state index is 13.6. The molecular weight excluding hydrogens is 385 g/mol. The number of fused-ring (bicyclic) bond motifs is 1. The smallest absolute Gasteiger partial charge is 0.257 e. The molecule has 11 heteroatoms. The average molecular weight is 398 g/mol. The molecule has 4 aromatic rings. The Kier molecular flexibility index (Phi) is 4.82. The number of hydrogen-bond donors (Lipinski definition) is 1. The molecule has 0 spiro atoms. The van der Waals surface area contributed by atoms with E-state index in [0.29, 0.717) is 28.0 Å². The molecule has 0 aliphatic rings. The van der Waals surface area contributed by atoms with Gasteiger partial charge in [0.15, 0.2) is 11.3 Å². The van der Waals surface area contributed by atoms with Crippen molar-refractivity contribution in [2.75, 3.05) is 5.32 Å². The Morgan fingerprint density at radius 2 is 2.03 bits per heavy atom. The number of rotatable bonds is 6. The molecule has 0 amide bonds. The second kappa shape index (κ2) is 7.59. The van der Waals surface area contributed by atoms with Crippen molar-refractivity contribution in [1.29, 1.82) is 0 Å². The Labute approximate surface area is 162 Å². The van der Waals surface area contributed by atoms with Crippen LogP contribution in [-0.4, -0.2) is 36.0 Å². The molecule has 0 unspecified atom stereocenters. The first kappa shape index (κ1) is 18.4. The average Bonchev–Trinajstić information content (AvgIpc) is 3.28. The van der Waals surface area contributed by atoms with Gasteiger partial charge in [0.25, 0.3) is 6.43 Å². The van der Waals surface area contributed by atoms with Crippen molar-refractivity contribution in [3.8, 4) is 0 Å². The Bertz CT molecular complexity index is 1210. The molecule has 0 bridgehead atoms. The van der Waals surface area contributed by atoms with Gasteiger partial charge in [-0.2, -0.15) is 15.2 Å². The zero-order valence-corrected chi connectivity index (χ0v) is 14.8. The molecule has 0 saturated heterocycles. The molecule has 8 nitrogen and oxygen atoms in total. The normalized spacial score (nSPS) is 11.1. The van der Waals surface area contributed by atoms with Gasteiger partial charge >= 0.3 is 0 Å². The van der Waals surface area contributed by atoms with Crippen LogP contribution in [0, 0.1) is 12.4 Å². The van der Waals surface area contributed by atoms with Crippen molar-refractivity contribution in [2.24, 2.45) is 0 Å². The largest absolute Gasteiger partial charge is 0.321 e. The first-order chi connectivity index (χ1) is 14.0. The maximum Gasteiger partial charge on any atom is 0.257 e. The van der Waals surface area contributed by atoms with Crippen LogP contribution in [0.15, 0.2) is 43.0 Å². The van der Waals surface area contributed by atoms with Gasteiger partial charge in [-0.25, -0.2) is 27.7 Å². The summed E-state index contributed by atoms with van der Waals surface area (Å²) < 4.78 is 41.1. The summed E-state index contributed by atoms with van der Waals surface area (Å²) in [5, 5.41) is 11.6. The molecule has 0 aliphatic heterocycles. The molecular formula is C18H13F3N8. The summed E-state index contributed by atoms with van der Waals surface area (Å²) in [7, 11) is 0. The molecule has 0 saturated carbocycles. The van der Waals surface area contributed by atoms with Gasteiger partial charge in [0, 0.05) is 12.4 Å². The van der Waals surface area contributed by atoms with Crippen molar-refractivity contribution < 1.29 is 13.2 Å². The van der Waals surface area contributed by atoms with Gasteiger partial charge in [0.2, 0.25) is 5.95 Å². The summed E-state index contributed by atoms with van der Waals surface area (Å²) in [4.78, 5) is 12.0. The van der Waals surface area contributed by atoms with Crippen molar-refractivity contribution in [3.63, 3.8) is 0 Å². The summed E-state index contributed by atoms with van der Waals surface area (Å²) in [5.74, 6) is -0.220. The first-order valence-corrected chi connectivity index (χ1v) is 8.44. The Balaban J connectivity index is 1.61. The Hall–Kier alpha value is -3.94. The summed E-state index contributed by atoms with van der Waals surface area (Å²) in [6, 6.07) is 3.94. The highest BCUT2D eigenvalue weighted by atomic mass is 19.3. The van der Waals surface area contributed by atoms with Crippen LogP contribution in [-0.2, 0) is 13.1 Å².